The number of carbonyl (C=O) groups excluding carboxylic acids is 1. The highest BCUT2D eigenvalue weighted by atomic mass is 32.2. The van der Waals surface area contributed by atoms with Crippen molar-refractivity contribution in [1.82, 2.24) is 5.32 Å². The van der Waals surface area contributed by atoms with Crippen LogP contribution >= 0.6 is 0 Å². The molecular weight excluding hydrogens is 719 g/mol. The molecule has 0 saturated carbocycles. The number of allylic oxidation sites excluding steroid dienone is 2. The molecule has 0 radical (unpaired) electrons. The summed E-state index contributed by atoms with van der Waals surface area (Å²) in [7, 11) is -4.41. The number of nitrogens with one attached hydrogen (secondary N) is 1. The Labute approximate surface area is 348 Å². The lowest BCUT2D eigenvalue weighted by molar-refractivity contribution is -0.131. The van der Waals surface area contributed by atoms with Crippen LogP contribution in [0.2, 0.25) is 0 Å². The molecule has 0 aliphatic carbocycles. The van der Waals surface area contributed by atoms with Crippen molar-refractivity contribution in [2.24, 2.45) is 0 Å². The van der Waals surface area contributed by atoms with E-state index < -0.39 is 40.0 Å². The summed E-state index contributed by atoms with van der Waals surface area (Å²) in [5.74, 6) is -1.45. The summed E-state index contributed by atoms with van der Waals surface area (Å²) in [6, 6.07) is -1.15. The largest absolute Gasteiger partial charge is 0.391 e. The molecule has 8 heteroatoms. The summed E-state index contributed by atoms with van der Waals surface area (Å²) in [4.78, 5) is 12.7. The third-order valence-electron chi connectivity index (χ3n) is 11.6. The maximum absolute atomic E-state index is 12.7. The second-order valence-electron chi connectivity index (χ2n) is 17.2. The highest BCUT2D eigenvalue weighted by Gasteiger charge is 2.28. The van der Waals surface area contributed by atoms with Crippen molar-refractivity contribution in [3.8, 4) is 0 Å². The van der Waals surface area contributed by atoms with Gasteiger partial charge in [-0.1, -0.05) is 238 Å². The van der Waals surface area contributed by atoms with Gasteiger partial charge in [-0.2, -0.15) is 8.42 Å². The van der Waals surface area contributed by atoms with Crippen molar-refractivity contribution >= 4 is 16.0 Å². The summed E-state index contributed by atoms with van der Waals surface area (Å²) in [6.07, 6.45) is 49.5. The van der Waals surface area contributed by atoms with Crippen molar-refractivity contribution < 1.29 is 28.0 Å². The van der Waals surface area contributed by atoms with Crippen LogP contribution in [0.3, 0.4) is 0 Å². The third kappa shape index (κ3) is 41.2. The molecule has 0 aliphatic rings. The van der Waals surface area contributed by atoms with Gasteiger partial charge in [0.25, 0.3) is 10.1 Å². The lowest BCUT2D eigenvalue weighted by atomic mass is 10.0. The summed E-state index contributed by atoms with van der Waals surface area (Å²) >= 11 is 0. The standard InChI is InChI=1S/C48H95NO6S/c1-3-5-7-9-11-13-15-17-19-21-22-23-24-25-27-29-31-33-35-37-39-41-43-47(51)48(52)49-45(44-56(53,54)55)46(50)42-40-38-36-34-32-30-28-26-20-18-16-14-12-10-8-6-4-2/h25,27,45-47,50-51H,3-24,26,28-44H2,1-2H3,(H,49,52)(H,53,54,55)/b27-25-. The Kier molecular flexibility index (Phi) is 41.5. The molecule has 0 heterocycles. The number of carbonyl (C=O) groups is 1. The topological polar surface area (TPSA) is 124 Å². The highest BCUT2D eigenvalue weighted by Crippen LogP contribution is 2.17. The molecule has 0 spiro atoms. The van der Waals surface area contributed by atoms with Crippen LogP contribution in [-0.4, -0.2) is 53.1 Å². The van der Waals surface area contributed by atoms with Crippen LogP contribution in [0.25, 0.3) is 0 Å². The van der Waals surface area contributed by atoms with Crippen molar-refractivity contribution in [1.29, 1.82) is 0 Å². The number of hydrogen-bond donors (Lipinski definition) is 4. The fourth-order valence-electron chi connectivity index (χ4n) is 7.81. The van der Waals surface area contributed by atoms with Gasteiger partial charge in [0.05, 0.1) is 17.9 Å². The Balaban J connectivity index is 3.86. The molecule has 0 saturated heterocycles. The van der Waals surface area contributed by atoms with Crippen LogP contribution in [0.1, 0.15) is 264 Å². The number of amides is 1. The maximum Gasteiger partial charge on any atom is 0.266 e. The van der Waals surface area contributed by atoms with E-state index in [1.165, 1.54) is 180 Å². The van der Waals surface area contributed by atoms with E-state index in [1.54, 1.807) is 0 Å². The van der Waals surface area contributed by atoms with E-state index in [0.29, 0.717) is 19.3 Å². The predicted octanol–water partition coefficient (Wildman–Crippen LogP) is 13.9. The minimum absolute atomic E-state index is 0.293. The summed E-state index contributed by atoms with van der Waals surface area (Å²) in [5, 5.41) is 23.7. The zero-order valence-corrected chi connectivity index (χ0v) is 38.0. The van der Waals surface area contributed by atoms with Gasteiger partial charge >= 0.3 is 0 Å². The molecule has 3 atom stereocenters. The average molecular weight is 814 g/mol. The van der Waals surface area contributed by atoms with Gasteiger partial charge in [0, 0.05) is 0 Å². The van der Waals surface area contributed by atoms with E-state index in [-0.39, 0.29) is 0 Å². The zero-order valence-electron chi connectivity index (χ0n) is 37.1. The number of hydrogen-bond acceptors (Lipinski definition) is 5. The summed E-state index contributed by atoms with van der Waals surface area (Å²) in [6.45, 7) is 4.54. The molecule has 7 nitrogen and oxygen atoms in total. The Morgan fingerprint density at radius 1 is 0.464 bits per heavy atom. The Morgan fingerprint density at radius 3 is 1.07 bits per heavy atom. The van der Waals surface area contributed by atoms with Crippen molar-refractivity contribution in [2.45, 2.75) is 283 Å². The SMILES string of the molecule is CCCCCCCCCCCCCC/C=C\CCCCCCCCC(O)C(=O)NC(CS(=O)(=O)O)C(O)CCCCCCCCCCCCCCCCCCC. The minimum atomic E-state index is -4.41. The molecule has 0 aromatic heterocycles. The number of unbranched alkanes of at least 4 members (excludes halogenated alkanes) is 34. The molecule has 0 bridgehead atoms. The van der Waals surface area contributed by atoms with Gasteiger partial charge in [0.2, 0.25) is 5.91 Å². The van der Waals surface area contributed by atoms with Crippen LogP contribution in [0.15, 0.2) is 12.2 Å². The van der Waals surface area contributed by atoms with Gasteiger partial charge in [0.1, 0.15) is 6.10 Å². The monoisotopic (exact) mass is 814 g/mol. The predicted molar refractivity (Wildman–Crippen MR) is 241 cm³/mol. The molecule has 0 aromatic carbocycles. The number of aliphatic hydroxyl groups is 2. The molecule has 0 aliphatic heterocycles. The average Bonchev–Trinajstić information content (AvgIpc) is 3.17. The van der Waals surface area contributed by atoms with Crippen LogP contribution in [-0.2, 0) is 14.9 Å². The first kappa shape index (κ1) is 55.0. The van der Waals surface area contributed by atoms with Crippen molar-refractivity contribution in [3.63, 3.8) is 0 Å². The van der Waals surface area contributed by atoms with Crippen molar-refractivity contribution in [3.05, 3.63) is 12.2 Å². The first-order valence-electron chi connectivity index (χ1n) is 24.5. The molecule has 0 rings (SSSR count). The molecule has 56 heavy (non-hydrogen) atoms. The Hall–Kier alpha value is -0.960. The molecule has 334 valence electrons. The van der Waals surface area contributed by atoms with Crippen LogP contribution in [0, 0.1) is 0 Å². The van der Waals surface area contributed by atoms with E-state index in [4.69, 9.17) is 0 Å². The summed E-state index contributed by atoms with van der Waals surface area (Å²) < 4.78 is 32.7. The van der Waals surface area contributed by atoms with Gasteiger partial charge in [-0.15, -0.1) is 0 Å². The minimum Gasteiger partial charge on any atom is -0.391 e. The fraction of sp³-hybridized carbons (Fsp3) is 0.938. The highest BCUT2D eigenvalue weighted by molar-refractivity contribution is 7.85. The zero-order chi connectivity index (χ0) is 41.2. The van der Waals surface area contributed by atoms with Crippen LogP contribution < -0.4 is 5.32 Å². The number of aliphatic hydroxyl groups excluding tert-OH is 2. The molecule has 0 aromatic rings. The molecular formula is C48H95NO6S. The van der Waals surface area contributed by atoms with Crippen LogP contribution in [0.5, 0.6) is 0 Å². The van der Waals surface area contributed by atoms with E-state index in [0.717, 1.165) is 51.4 Å². The van der Waals surface area contributed by atoms with E-state index in [9.17, 15) is 28.0 Å². The van der Waals surface area contributed by atoms with E-state index in [1.807, 2.05) is 0 Å². The van der Waals surface area contributed by atoms with Gasteiger partial charge in [-0.3, -0.25) is 9.35 Å². The van der Waals surface area contributed by atoms with Gasteiger partial charge in [-0.25, -0.2) is 0 Å². The lowest BCUT2D eigenvalue weighted by Crippen LogP contribution is -2.50. The van der Waals surface area contributed by atoms with Gasteiger partial charge in [0.15, 0.2) is 0 Å². The fourth-order valence-corrected chi connectivity index (χ4v) is 8.57. The normalized spacial score (nSPS) is 13.7. The lowest BCUT2D eigenvalue weighted by Gasteiger charge is -2.24. The van der Waals surface area contributed by atoms with Crippen molar-refractivity contribution in [2.75, 3.05) is 5.75 Å². The first-order chi connectivity index (χ1) is 27.2. The Morgan fingerprint density at radius 2 is 0.750 bits per heavy atom. The quantitative estimate of drug-likeness (QED) is 0.0276. The third-order valence-corrected chi connectivity index (χ3v) is 12.4. The van der Waals surface area contributed by atoms with E-state index in [2.05, 4.69) is 31.3 Å². The molecule has 0 fully saturated rings. The maximum atomic E-state index is 12.7. The smallest absolute Gasteiger partial charge is 0.266 e. The van der Waals surface area contributed by atoms with Gasteiger partial charge in [-0.05, 0) is 38.5 Å². The number of rotatable bonds is 45. The Bertz CT molecular complexity index is 957. The second kappa shape index (κ2) is 42.2. The molecule has 3 unspecified atom stereocenters. The second-order valence-corrected chi connectivity index (χ2v) is 18.7. The van der Waals surface area contributed by atoms with E-state index >= 15 is 0 Å². The first-order valence-corrected chi connectivity index (χ1v) is 26.1. The molecule has 4 N–H and O–H groups in total. The van der Waals surface area contributed by atoms with Crippen LogP contribution in [0.4, 0.5) is 0 Å². The van der Waals surface area contributed by atoms with Gasteiger partial charge < -0.3 is 15.5 Å². The summed E-state index contributed by atoms with van der Waals surface area (Å²) in [5.41, 5.74) is 0. The molecule has 1 amide bonds.